The van der Waals surface area contributed by atoms with Crippen LogP contribution in [0.2, 0.25) is 0 Å². The topological polar surface area (TPSA) is 265 Å². The molecule has 0 unspecified atom stereocenters. The van der Waals surface area contributed by atoms with Crippen molar-refractivity contribution in [1.82, 2.24) is 16.0 Å². The Morgan fingerprint density at radius 1 is 0.345 bits per heavy atom. The first-order valence-electron chi connectivity index (χ1n) is 37.4. The van der Waals surface area contributed by atoms with Crippen LogP contribution < -0.4 is 43.4 Å². The molecular weight excluding hydrogens is 1650 g/mol. The third-order valence-corrected chi connectivity index (χ3v) is 19.6. The lowest BCUT2D eigenvalue weighted by atomic mass is 10.0. The van der Waals surface area contributed by atoms with E-state index < -0.39 is 29.4 Å². The van der Waals surface area contributed by atoms with Gasteiger partial charge in [0.05, 0.1) is 5.56 Å². The van der Waals surface area contributed by atoms with Gasteiger partial charge in [-0.15, -0.1) is 0 Å². The van der Waals surface area contributed by atoms with E-state index >= 15 is 0 Å². The zero-order valence-corrected chi connectivity index (χ0v) is 70.0. The van der Waals surface area contributed by atoms with Crippen molar-refractivity contribution in [3.05, 3.63) is 380 Å². The van der Waals surface area contributed by atoms with Gasteiger partial charge in [-0.3, -0.25) is 25.0 Å². The largest absolute Gasteiger partial charge is 0.478 e. The van der Waals surface area contributed by atoms with Crippen LogP contribution in [0, 0.1) is 0 Å². The highest BCUT2D eigenvalue weighted by atomic mass is 79.9. The van der Waals surface area contributed by atoms with E-state index in [4.69, 9.17) is 26.0 Å². The maximum absolute atomic E-state index is 12.7. The molecule has 0 aliphatic heterocycles. The minimum absolute atomic E-state index is 0.0810. The van der Waals surface area contributed by atoms with Gasteiger partial charge in [-0.25, -0.2) is 14.4 Å². The number of amides is 5. The maximum atomic E-state index is 12.7. The van der Waals surface area contributed by atoms with Crippen LogP contribution in [0.1, 0.15) is 116 Å². The number of anilines is 4. The van der Waals surface area contributed by atoms with E-state index in [0.29, 0.717) is 66.5 Å². The van der Waals surface area contributed by atoms with Gasteiger partial charge in [0.2, 0.25) is 0 Å². The van der Waals surface area contributed by atoms with Crippen LogP contribution in [-0.4, -0.2) is 52.2 Å². The molecule has 0 saturated heterocycles. The van der Waals surface area contributed by atoms with Gasteiger partial charge >= 0.3 is 18.2 Å². The number of hydrogen-bond acceptors (Lipinski definition) is 11. The predicted molar refractivity (Wildman–Crippen MR) is 482 cm³/mol. The lowest BCUT2D eigenvalue weighted by Crippen LogP contribution is -2.27. The van der Waals surface area contributed by atoms with E-state index in [1.165, 1.54) is 60.2 Å². The fraction of sp³-hybridized carbons (Fsp3) is 0.146. The third kappa shape index (κ3) is 28.0. The highest BCUT2D eigenvalue weighted by molar-refractivity contribution is 9.11. The van der Waals surface area contributed by atoms with E-state index in [2.05, 4.69) is 159 Å². The number of alkyl halides is 1. The molecule has 0 aliphatic carbocycles. The summed E-state index contributed by atoms with van der Waals surface area (Å²) in [5.41, 5.74) is 21.3. The van der Waals surface area contributed by atoms with Crippen molar-refractivity contribution in [2.75, 3.05) is 21.7 Å². The normalized spacial score (nSPS) is 10.6. The number of nitrogens with one attached hydrogen (secondary N) is 6. The van der Waals surface area contributed by atoms with Gasteiger partial charge in [0.1, 0.15) is 11.2 Å². The maximum Gasteiger partial charge on any atom is 0.412 e. The molecule has 14 aromatic rings. The van der Waals surface area contributed by atoms with E-state index in [-0.39, 0.29) is 23.3 Å². The van der Waals surface area contributed by atoms with E-state index in [1.54, 1.807) is 102 Å². The van der Waals surface area contributed by atoms with Crippen molar-refractivity contribution >= 4 is 150 Å². The molecule has 0 atom stereocenters. The summed E-state index contributed by atoms with van der Waals surface area (Å²) in [6.07, 6.45) is -1.17. The second-order valence-electron chi connectivity index (χ2n) is 28.4. The Labute approximate surface area is 702 Å². The molecule has 14 aromatic carbocycles. The molecule has 0 saturated carbocycles. The molecule has 0 aliphatic rings. The molecule has 5 amide bonds. The molecule has 0 spiro atoms. The summed E-state index contributed by atoms with van der Waals surface area (Å²) in [5, 5.41) is 36.6. The number of hydrogen-bond donors (Lipinski definition) is 9. The molecule has 0 radical (unpaired) electrons. The van der Waals surface area contributed by atoms with Crippen molar-refractivity contribution in [3.63, 3.8) is 0 Å². The van der Waals surface area contributed by atoms with Crippen LogP contribution in [0.5, 0.6) is 0 Å². The minimum Gasteiger partial charge on any atom is -0.478 e. The van der Waals surface area contributed by atoms with Gasteiger partial charge in [0.25, 0.3) is 17.7 Å². The molecular formula is C96H93Br3N8O9. The molecule has 17 nitrogen and oxygen atoms in total. The second kappa shape index (κ2) is 43.7. The number of carboxylic acid groups (broad SMARTS) is 1. The Hall–Kier alpha value is -12.5. The molecule has 0 heterocycles. The quantitative estimate of drug-likeness (QED) is 0.0304. The summed E-state index contributed by atoms with van der Waals surface area (Å²) in [5.74, 6) is -1.45. The Morgan fingerprint density at radius 3 is 1.02 bits per heavy atom. The number of benzene rings is 14. The monoisotopic (exact) mass is 1740 g/mol. The first-order chi connectivity index (χ1) is 55.8. The molecule has 14 rings (SSSR count). The van der Waals surface area contributed by atoms with Gasteiger partial charge in [-0.05, 0) is 203 Å². The average molecular weight is 1740 g/mol. The van der Waals surface area contributed by atoms with Crippen molar-refractivity contribution in [2.45, 2.75) is 90.8 Å². The molecule has 592 valence electrons. The summed E-state index contributed by atoms with van der Waals surface area (Å²) in [4.78, 5) is 71.5. The van der Waals surface area contributed by atoms with Crippen LogP contribution in [0.25, 0.3) is 43.1 Å². The highest BCUT2D eigenvalue weighted by Gasteiger charge is 2.19. The predicted octanol–water partition coefficient (Wildman–Crippen LogP) is 23.0. The molecule has 20 heteroatoms. The number of ether oxygens (including phenoxy) is 2. The molecule has 0 aromatic heterocycles. The average Bonchev–Trinajstić information content (AvgIpc) is 0.849. The number of rotatable bonds is 17. The Bertz CT molecular complexity index is 5670. The summed E-state index contributed by atoms with van der Waals surface area (Å²) < 4.78 is 12.5. The lowest BCUT2D eigenvalue weighted by molar-refractivity contribution is 0.0624. The van der Waals surface area contributed by atoms with Crippen molar-refractivity contribution in [1.29, 1.82) is 0 Å². The highest BCUT2D eigenvalue weighted by Crippen LogP contribution is 2.26. The standard InChI is InChI=1S/C25H21BrN2O.C23H24N2O3.C18H16N2O.C12H15NO4.C11H11N.C7H6Br2/c26-24-14-4-2-8-21(24)17-27-22-12-6-10-19(15-22)25(29)28-16-20-11-5-9-18-7-1-3-13-23(18)20;1-23(2,3)28-22(27)25-19-12-7-10-17(14-19)21(26)24-15-18-11-6-9-16-8-4-5-13-20(16)18;19-16-9-4-7-14(11-16)18(21)20-12-15-8-3-6-13-5-1-2-10-17(13)15;1-12(2,3)17-11(16)13-9-6-4-5-8(7-9)10(14)15;12-8-10-6-3-5-9-4-1-2-7-11(9)10;8-5-6-3-1-2-4-7(6)9/h1-15,27H,16-17H2,(H,28,29);4-14H,15H2,1-3H3,(H,24,26)(H,25,27);1-11H,12,19H2,(H,20,21);4-7H,1-3H3,(H,13,16)(H,14,15);1-7H,8,12H2;1-4H,5H2. The number of carboxylic acids is 1. The van der Waals surface area contributed by atoms with E-state index in [1.807, 2.05) is 164 Å². The fourth-order valence-corrected chi connectivity index (χ4v) is 13.6. The van der Waals surface area contributed by atoms with Crippen molar-refractivity contribution in [3.8, 4) is 0 Å². The third-order valence-electron chi connectivity index (χ3n) is 17.4. The smallest absolute Gasteiger partial charge is 0.412 e. The van der Waals surface area contributed by atoms with Gasteiger partial charge in [0.15, 0.2) is 0 Å². The van der Waals surface area contributed by atoms with Gasteiger partial charge in [-0.2, -0.15) is 0 Å². The number of halogens is 3. The number of nitrogen functional groups attached to an aromatic ring is 1. The summed E-state index contributed by atoms with van der Waals surface area (Å²) in [6.45, 7) is 13.3. The van der Waals surface area contributed by atoms with Gasteiger partial charge in [0, 0.05) is 86.4 Å². The van der Waals surface area contributed by atoms with Crippen LogP contribution >= 0.6 is 47.8 Å². The van der Waals surface area contributed by atoms with E-state index in [9.17, 15) is 28.8 Å². The van der Waals surface area contributed by atoms with Crippen LogP contribution in [0.4, 0.5) is 32.3 Å². The second-order valence-corrected chi connectivity index (χ2v) is 30.7. The number of carbonyl (C=O) groups excluding carboxylic acids is 5. The van der Waals surface area contributed by atoms with Crippen LogP contribution in [-0.2, 0) is 47.5 Å². The zero-order chi connectivity index (χ0) is 83.0. The Morgan fingerprint density at radius 2 is 0.647 bits per heavy atom. The molecule has 0 bridgehead atoms. The Balaban J connectivity index is 0.000000165. The SMILES string of the molecule is BrCc1ccccc1Br.CC(C)(C)OC(=O)Nc1cccc(C(=O)NCc2cccc3ccccc23)c1.CC(C)(C)OC(=O)Nc1cccc(C(=O)O)c1.NCc1cccc2ccccc12.Nc1cccc(C(=O)NCc2cccc3ccccc23)c1.O=C(NCc1cccc2ccccc12)c1cccc(NCc2ccccc2Br)c1. The number of aromatic carboxylic acids is 1. The molecule has 11 N–H and O–H groups in total. The number of fused-ring (bicyclic) bond motifs is 4. The van der Waals surface area contributed by atoms with Crippen molar-refractivity contribution < 1.29 is 43.3 Å². The van der Waals surface area contributed by atoms with E-state index in [0.717, 1.165) is 48.3 Å². The summed E-state index contributed by atoms with van der Waals surface area (Å²) in [7, 11) is 0. The van der Waals surface area contributed by atoms with Crippen LogP contribution in [0.15, 0.2) is 324 Å². The fourth-order valence-electron chi connectivity index (χ4n) is 11.9. The first-order valence-corrected chi connectivity index (χ1v) is 40.1. The van der Waals surface area contributed by atoms with Crippen LogP contribution in [0.3, 0.4) is 0 Å². The first kappa shape index (κ1) is 87.5. The van der Waals surface area contributed by atoms with Gasteiger partial charge < -0.3 is 47.3 Å². The van der Waals surface area contributed by atoms with Gasteiger partial charge in [-0.1, -0.05) is 278 Å². The summed E-state index contributed by atoms with van der Waals surface area (Å²) in [6, 6.07) is 101. The lowest BCUT2D eigenvalue weighted by Gasteiger charge is -2.19. The molecule has 0 fully saturated rings. The molecule has 116 heavy (non-hydrogen) atoms. The van der Waals surface area contributed by atoms with Crippen molar-refractivity contribution in [2.24, 2.45) is 5.73 Å². The number of carbonyl (C=O) groups is 6. The minimum atomic E-state index is -1.04. The summed E-state index contributed by atoms with van der Waals surface area (Å²) >= 11 is 10.4. The Kier molecular flexibility index (Phi) is 33.0. The zero-order valence-electron chi connectivity index (χ0n) is 65.3. The number of nitrogens with two attached hydrogens (primary N) is 2.